The molecule has 140 valence electrons. The third-order valence-corrected chi connectivity index (χ3v) is 6.14. The zero-order valence-electron chi connectivity index (χ0n) is 14.4. The van der Waals surface area contributed by atoms with Gasteiger partial charge in [-0.25, -0.2) is 0 Å². The molecule has 5 nitrogen and oxygen atoms in total. The fourth-order valence-corrected chi connectivity index (χ4v) is 4.31. The molecule has 2 heterocycles. The molecular formula is C19H17ClN2O3S2. The number of carbonyl (C=O) groups excluding carboxylic acids is 2. The minimum absolute atomic E-state index is 0.211. The summed E-state index contributed by atoms with van der Waals surface area (Å²) in [6.07, 6.45) is -0.673. The van der Waals surface area contributed by atoms with Crippen LogP contribution in [-0.2, 0) is 16.1 Å². The van der Waals surface area contributed by atoms with Gasteiger partial charge in [0.25, 0.3) is 0 Å². The predicted molar refractivity (Wildman–Crippen MR) is 109 cm³/mol. The van der Waals surface area contributed by atoms with E-state index in [1.54, 1.807) is 18.2 Å². The largest absolute Gasteiger partial charge is 0.382 e. The van der Waals surface area contributed by atoms with Crippen molar-refractivity contribution in [2.24, 2.45) is 0 Å². The number of aliphatic hydroxyl groups is 1. The van der Waals surface area contributed by atoms with Crippen LogP contribution in [0.2, 0.25) is 5.02 Å². The van der Waals surface area contributed by atoms with E-state index in [4.69, 9.17) is 11.6 Å². The molecule has 0 aliphatic carbocycles. The maximum atomic E-state index is 12.1. The van der Waals surface area contributed by atoms with Crippen molar-refractivity contribution in [3.63, 3.8) is 0 Å². The van der Waals surface area contributed by atoms with Crippen LogP contribution in [0.5, 0.6) is 0 Å². The van der Waals surface area contributed by atoms with Crippen molar-refractivity contribution in [1.82, 2.24) is 5.32 Å². The van der Waals surface area contributed by atoms with Gasteiger partial charge in [0, 0.05) is 25.3 Å². The molecule has 1 atom stereocenters. The number of hydrogen-bond acceptors (Lipinski definition) is 5. The lowest BCUT2D eigenvalue weighted by Crippen LogP contribution is -2.34. The number of nitrogens with one attached hydrogen (secondary N) is 2. The molecule has 0 bridgehead atoms. The second kappa shape index (κ2) is 8.67. The van der Waals surface area contributed by atoms with Crippen molar-refractivity contribution in [1.29, 1.82) is 0 Å². The van der Waals surface area contributed by atoms with Crippen molar-refractivity contribution in [2.45, 2.75) is 19.6 Å². The SMILES string of the molecule is Cc1ccc(Cl)cc1NC(=O)C(=O)NCc1ccc(C(O)c2cccs2)s1. The van der Waals surface area contributed by atoms with Crippen LogP contribution in [0, 0.1) is 6.92 Å². The normalized spacial score (nSPS) is 11.8. The molecule has 0 saturated carbocycles. The number of carbonyl (C=O) groups is 2. The smallest absolute Gasteiger partial charge is 0.313 e. The summed E-state index contributed by atoms with van der Waals surface area (Å²) in [4.78, 5) is 26.6. The molecule has 3 rings (SSSR count). The Labute approximate surface area is 169 Å². The summed E-state index contributed by atoms with van der Waals surface area (Å²) >= 11 is 8.79. The van der Waals surface area contributed by atoms with E-state index in [1.165, 1.54) is 22.7 Å². The highest BCUT2D eigenvalue weighted by molar-refractivity contribution is 7.12. The summed E-state index contributed by atoms with van der Waals surface area (Å²) in [5.41, 5.74) is 1.31. The molecule has 0 aliphatic heterocycles. The number of rotatable bonds is 5. The van der Waals surface area contributed by atoms with Crippen LogP contribution in [0.4, 0.5) is 5.69 Å². The Morgan fingerprint density at radius 2 is 1.96 bits per heavy atom. The molecule has 1 aromatic carbocycles. The minimum atomic E-state index is -0.754. The number of anilines is 1. The molecule has 8 heteroatoms. The first-order chi connectivity index (χ1) is 12.9. The summed E-state index contributed by atoms with van der Waals surface area (Å²) in [6, 6.07) is 12.5. The van der Waals surface area contributed by atoms with Gasteiger partial charge < -0.3 is 15.7 Å². The second-order valence-corrected chi connectivity index (χ2v) is 8.43. The Morgan fingerprint density at radius 1 is 1.15 bits per heavy atom. The molecule has 0 spiro atoms. The maximum absolute atomic E-state index is 12.1. The third-order valence-electron chi connectivity index (χ3n) is 3.84. The standard InChI is InChI=1S/C19H17ClN2O3S2/c1-11-4-5-12(20)9-14(11)22-19(25)18(24)21-10-13-6-7-16(27-13)17(23)15-3-2-8-26-15/h2-9,17,23H,10H2,1H3,(H,21,24)(H,22,25). The fraction of sp³-hybridized carbons (Fsp3) is 0.158. The van der Waals surface area contributed by atoms with Gasteiger partial charge >= 0.3 is 11.8 Å². The second-order valence-electron chi connectivity index (χ2n) is 5.82. The molecular weight excluding hydrogens is 404 g/mol. The monoisotopic (exact) mass is 420 g/mol. The van der Waals surface area contributed by atoms with Crippen LogP contribution >= 0.6 is 34.3 Å². The molecule has 2 aromatic heterocycles. The van der Waals surface area contributed by atoms with E-state index in [0.717, 1.165) is 20.2 Å². The first kappa shape index (κ1) is 19.6. The Hall–Kier alpha value is -2.19. The summed E-state index contributed by atoms with van der Waals surface area (Å²) in [5.74, 6) is -1.49. The molecule has 0 fully saturated rings. The highest BCUT2D eigenvalue weighted by Crippen LogP contribution is 2.30. The highest BCUT2D eigenvalue weighted by Gasteiger charge is 2.17. The number of hydrogen-bond donors (Lipinski definition) is 3. The number of benzene rings is 1. The van der Waals surface area contributed by atoms with Gasteiger partial charge in [-0.2, -0.15) is 0 Å². The summed E-state index contributed by atoms with van der Waals surface area (Å²) < 4.78 is 0. The van der Waals surface area contributed by atoms with E-state index in [0.29, 0.717) is 10.7 Å². The van der Waals surface area contributed by atoms with Gasteiger partial charge in [0.2, 0.25) is 0 Å². The molecule has 0 radical (unpaired) electrons. The van der Waals surface area contributed by atoms with Gasteiger partial charge in [-0.15, -0.1) is 22.7 Å². The van der Waals surface area contributed by atoms with Crippen molar-refractivity contribution in [3.8, 4) is 0 Å². The van der Waals surface area contributed by atoms with Crippen LogP contribution in [0.1, 0.15) is 26.3 Å². The fourth-order valence-electron chi connectivity index (χ4n) is 2.38. The lowest BCUT2D eigenvalue weighted by atomic mass is 10.2. The topological polar surface area (TPSA) is 78.4 Å². The number of aliphatic hydroxyl groups excluding tert-OH is 1. The van der Waals surface area contributed by atoms with E-state index in [1.807, 2.05) is 36.6 Å². The van der Waals surface area contributed by atoms with E-state index in [9.17, 15) is 14.7 Å². The van der Waals surface area contributed by atoms with E-state index in [2.05, 4.69) is 10.6 Å². The van der Waals surface area contributed by atoms with Gasteiger partial charge in [-0.3, -0.25) is 9.59 Å². The van der Waals surface area contributed by atoms with Gasteiger partial charge in [-0.05, 0) is 48.2 Å². The van der Waals surface area contributed by atoms with Crippen molar-refractivity contribution >= 4 is 51.8 Å². The molecule has 3 aromatic rings. The Balaban J connectivity index is 1.56. The van der Waals surface area contributed by atoms with Crippen LogP contribution < -0.4 is 10.6 Å². The summed E-state index contributed by atoms with van der Waals surface area (Å²) in [6.45, 7) is 2.03. The van der Waals surface area contributed by atoms with Crippen LogP contribution in [0.25, 0.3) is 0 Å². The summed E-state index contributed by atoms with van der Waals surface area (Å²) in [7, 11) is 0. The van der Waals surface area contributed by atoms with Crippen molar-refractivity contribution < 1.29 is 14.7 Å². The van der Waals surface area contributed by atoms with Gasteiger partial charge in [-0.1, -0.05) is 23.7 Å². The van der Waals surface area contributed by atoms with Gasteiger partial charge in [0.05, 0.1) is 6.54 Å². The maximum Gasteiger partial charge on any atom is 0.313 e. The molecule has 2 amide bonds. The van der Waals surface area contributed by atoms with Crippen molar-refractivity contribution in [2.75, 3.05) is 5.32 Å². The molecule has 3 N–H and O–H groups in total. The first-order valence-electron chi connectivity index (χ1n) is 8.09. The van der Waals surface area contributed by atoms with Crippen LogP contribution in [0.3, 0.4) is 0 Å². The minimum Gasteiger partial charge on any atom is -0.382 e. The number of aryl methyl sites for hydroxylation is 1. The number of amides is 2. The van der Waals surface area contributed by atoms with Crippen LogP contribution in [0.15, 0.2) is 47.8 Å². The molecule has 0 aliphatic rings. The predicted octanol–water partition coefficient (Wildman–Crippen LogP) is 4.11. The molecule has 27 heavy (non-hydrogen) atoms. The number of halogens is 1. The van der Waals surface area contributed by atoms with Gasteiger partial charge in [0.15, 0.2) is 0 Å². The van der Waals surface area contributed by atoms with E-state index < -0.39 is 17.9 Å². The lowest BCUT2D eigenvalue weighted by Gasteiger charge is -2.09. The average Bonchev–Trinajstić information content (AvgIpc) is 3.34. The Morgan fingerprint density at radius 3 is 2.70 bits per heavy atom. The first-order valence-corrected chi connectivity index (χ1v) is 10.2. The third kappa shape index (κ3) is 4.95. The molecule has 1 unspecified atom stereocenters. The summed E-state index contributed by atoms with van der Waals surface area (Å²) in [5, 5.41) is 17.9. The lowest BCUT2D eigenvalue weighted by molar-refractivity contribution is -0.136. The van der Waals surface area contributed by atoms with E-state index in [-0.39, 0.29) is 6.54 Å². The average molecular weight is 421 g/mol. The number of thiophene rings is 2. The van der Waals surface area contributed by atoms with E-state index >= 15 is 0 Å². The highest BCUT2D eigenvalue weighted by atomic mass is 35.5. The van der Waals surface area contributed by atoms with Crippen molar-refractivity contribution in [3.05, 3.63) is 73.1 Å². The molecule has 0 saturated heterocycles. The van der Waals surface area contributed by atoms with Crippen LogP contribution in [-0.4, -0.2) is 16.9 Å². The Bertz CT molecular complexity index is 954. The zero-order valence-corrected chi connectivity index (χ0v) is 16.8. The Kier molecular flexibility index (Phi) is 6.28. The van der Waals surface area contributed by atoms with Gasteiger partial charge in [0.1, 0.15) is 6.10 Å². The quantitative estimate of drug-likeness (QED) is 0.543. The zero-order chi connectivity index (χ0) is 19.4.